The van der Waals surface area contributed by atoms with Crippen molar-refractivity contribution in [2.45, 2.75) is 42.1 Å². The maximum absolute atomic E-state index is 13.0. The fraction of sp³-hybridized carbons (Fsp3) is 0.531. The van der Waals surface area contributed by atoms with Gasteiger partial charge in [-0.25, -0.2) is 0 Å². The van der Waals surface area contributed by atoms with E-state index in [1.165, 1.54) is 12.1 Å². The van der Waals surface area contributed by atoms with Gasteiger partial charge in [-0.15, -0.1) is 11.8 Å². The molecule has 47 heavy (non-hydrogen) atoms. The van der Waals surface area contributed by atoms with E-state index in [0.29, 0.717) is 83.7 Å². The van der Waals surface area contributed by atoms with E-state index >= 15 is 0 Å². The van der Waals surface area contributed by atoms with E-state index in [1.807, 2.05) is 19.1 Å². The minimum Gasteiger partial charge on any atom is -0.378 e. The Hall–Kier alpha value is -2.89. The molecule has 2 aromatic carbocycles. The predicted octanol–water partition coefficient (Wildman–Crippen LogP) is 2.34. The zero-order valence-corrected chi connectivity index (χ0v) is 28.1. The highest BCUT2D eigenvalue weighted by Crippen LogP contribution is 2.34. The van der Waals surface area contributed by atoms with E-state index < -0.39 is 22.1 Å². The Bertz CT molecular complexity index is 1440. The summed E-state index contributed by atoms with van der Waals surface area (Å²) >= 11 is 1.60. The molecule has 1 N–H and O–H groups in total. The molecular formula is C32H42N2O11S2. The van der Waals surface area contributed by atoms with Crippen LogP contribution in [0.2, 0.25) is 0 Å². The van der Waals surface area contributed by atoms with Crippen molar-refractivity contribution in [3.8, 4) is 0 Å². The highest BCUT2D eigenvalue weighted by atomic mass is 32.2. The summed E-state index contributed by atoms with van der Waals surface area (Å²) in [6.07, 6.45) is 0.567. The van der Waals surface area contributed by atoms with E-state index in [2.05, 4.69) is 5.32 Å². The number of ether oxygens (including phenoxy) is 5. The number of aryl methyl sites for hydroxylation is 1. The number of carbonyl (C=O) groups is 3. The number of amides is 3. The van der Waals surface area contributed by atoms with Gasteiger partial charge in [-0.1, -0.05) is 23.8 Å². The molecule has 2 aliphatic heterocycles. The van der Waals surface area contributed by atoms with Crippen molar-refractivity contribution in [1.82, 2.24) is 10.2 Å². The van der Waals surface area contributed by atoms with Crippen molar-refractivity contribution in [2.75, 3.05) is 78.4 Å². The van der Waals surface area contributed by atoms with Gasteiger partial charge in [0, 0.05) is 29.2 Å². The first kappa shape index (κ1) is 36.9. The number of fused-ring (bicyclic) bond motifs is 1. The Balaban J connectivity index is 0.935. The van der Waals surface area contributed by atoms with Crippen molar-refractivity contribution in [1.29, 1.82) is 0 Å². The van der Waals surface area contributed by atoms with Gasteiger partial charge in [-0.2, -0.15) is 8.42 Å². The second-order valence-electron chi connectivity index (χ2n) is 10.7. The lowest BCUT2D eigenvalue weighted by Crippen LogP contribution is -2.52. The summed E-state index contributed by atoms with van der Waals surface area (Å²) < 4.78 is 56.6. The van der Waals surface area contributed by atoms with Crippen LogP contribution >= 0.6 is 11.8 Å². The monoisotopic (exact) mass is 694 g/mol. The van der Waals surface area contributed by atoms with Crippen LogP contribution in [-0.4, -0.2) is 116 Å². The standard InChI is InChI=1S/C32H42N2O11S2/c1-24-5-7-25(8-6-24)47(38,39)45-20-19-43-16-15-41-12-11-40-13-14-42-17-18-44-21-22-46-29-4-2-3-26-27(29)23-34(32(26)37)28-9-10-30(35)33-31(28)36/h2-8,28H,9-23H2,1H3,(H,33,35,36). The van der Waals surface area contributed by atoms with Crippen LogP contribution in [0, 0.1) is 6.92 Å². The van der Waals surface area contributed by atoms with Crippen molar-refractivity contribution >= 4 is 39.6 Å². The van der Waals surface area contributed by atoms with Crippen molar-refractivity contribution < 1.29 is 50.7 Å². The molecule has 0 bridgehead atoms. The average molecular weight is 695 g/mol. The highest BCUT2D eigenvalue weighted by Gasteiger charge is 2.39. The second kappa shape index (κ2) is 19.2. The smallest absolute Gasteiger partial charge is 0.297 e. The molecule has 0 spiro atoms. The number of rotatable bonds is 22. The van der Waals surface area contributed by atoms with Gasteiger partial charge < -0.3 is 28.6 Å². The topological polar surface area (TPSA) is 156 Å². The van der Waals surface area contributed by atoms with Crippen molar-refractivity contribution in [3.63, 3.8) is 0 Å². The lowest BCUT2D eigenvalue weighted by atomic mass is 10.0. The van der Waals surface area contributed by atoms with Crippen LogP contribution in [0.5, 0.6) is 0 Å². The first-order valence-electron chi connectivity index (χ1n) is 15.5. The molecule has 0 aromatic heterocycles. The molecular weight excluding hydrogens is 652 g/mol. The molecule has 2 heterocycles. The third-order valence-corrected chi connectivity index (χ3v) is 9.68. The zero-order valence-electron chi connectivity index (χ0n) is 26.5. The van der Waals surface area contributed by atoms with Crippen LogP contribution in [-0.2, 0) is 54.1 Å². The normalized spacial score (nSPS) is 16.5. The van der Waals surface area contributed by atoms with Crippen molar-refractivity contribution in [2.24, 2.45) is 0 Å². The summed E-state index contributed by atoms with van der Waals surface area (Å²) in [7, 11) is -3.79. The molecule has 2 aliphatic rings. The summed E-state index contributed by atoms with van der Waals surface area (Å²) in [5.41, 5.74) is 2.47. The summed E-state index contributed by atoms with van der Waals surface area (Å²) in [4.78, 5) is 39.4. The Labute approximate surface area is 279 Å². The van der Waals surface area contributed by atoms with Crippen LogP contribution in [0.1, 0.15) is 34.3 Å². The summed E-state index contributed by atoms with van der Waals surface area (Å²) in [5, 5.41) is 2.33. The number of benzene rings is 2. The maximum atomic E-state index is 13.0. The Morgan fingerprint density at radius 2 is 1.36 bits per heavy atom. The van der Waals surface area contributed by atoms with E-state index in [1.54, 1.807) is 34.9 Å². The number of nitrogens with one attached hydrogen (secondary N) is 1. The third kappa shape index (κ3) is 11.6. The highest BCUT2D eigenvalue weighted by molar-refractivity contribution is 7.99. The molecule has 0 saturated carbocycles. The summed E-state index contributed by atoms with van der Waals surface area (Å²) in [6, 6.07) is 11.4. The Morgan fingerprint density at radius 1 is 0.787 bits per heavy atom. The van der Waals surface area contributed by atoms with Crippen LogP contribution < -0.4 is 5.32 Å². The van der Waals surface area contributed by atoms with Gasteiger partial charge in [0.1, 0.15) is 6.04 Å². The molecule has 0 aliphatic carbocycles. The number of thioether (sulfide) groups is 1. The first-order valence-corrected chi connectivity index (χ1v) is 17.9. The molecule has 1 unspecified atom stereocenters. The number of hydrogen-bond donors (Lipinski definition) is 1. The number of piperidine rings is 1. The number of imide groups is 1. The summed E-state index contributed by atoms with van der Waals surface area (Å²) in [6.45, 7) is 6.02. The fourth-order valence-corrected chi connectivity index (χ4v) is 6.70. The molecule has 258 valence electrons. The largest absolute Gasteiger partial charge is 0.378 e. The van der Waals surface area contributed by atoms with Gasteiger partial charge in [0.15, 0.2) is 0 Å². The van der Waals surface area contributed by atoms with Gasteiger partial charge in [-0.3, -0.25) is 23.9 Å². The quantitative estimate of drug-likeness (QED) is 0.0832. The minimum absolute atomic E-state index is 0.0730. The van der Waals surface area contributed by atoms with Gasteiger partial charge in [-0.05, 0) is 43.2 Å². The summed E-state index contributed by atoms with van der Waals surface area (Å²) in [5.74, 6) is -0.201. The van der Waals surface area contributed by atoms with Gasteiger partial charge in [0.05, 0.1) is 77.6 Å². The van der Waals surface area contributed by atoms with E-state index in [-0.39, 0.29) is 36.3 Å². The maximum Gasteiger partial charge on any atom is 0.297 e. The lowest BCUT2D eigenvalue weighted by Gasteiger charge is -2.29. The molecule has 3 amide bonds. The molecule has 1 atom stereocenters. The second-order valence-corrected chi connectivity index (χ2v) is 13.4. The molecule has 2 aromatic rings. The third-order valence-electron chi connectivity index (χ3n) is 7.29. The van der Waals surface area contributed by atoms with E-state index in [0.717, 1.165) is 16.0 Å². The van der Waals surface area contributed by atoms with E-state index in [4.69, 9.17) is 27.9 Å². The Morgan fingerprint density at radius 3 is 1.96 bits per heavy atom. The van der Waals surface area contributed by atoms with Crippen LogP contribution in [0.15, 0.2) is 52.3 Å². The predicted molar refractivity (Wildman–Crippen MR) is 172 cm³/mol. The van der Waals surface area contributed by atoms with Crippen LogP contribution in [0.4, 0.5) is 0 Å². The van der Waals surface area contributed by atoms with Crippen molar-refractivity contribution in [3.05, 3.63) is 59.2 Å². The van der Waals surface area contributed by atoms with E-state index in [9.17, 15) is 22.8 Å². The number of nitrogens with zero attached hydrogens (tertiary/aromatic N) is 1. The first-order chi connectivity index (χ1) is 22.8. The zero-order chi connectivity index (χ0) is 33.5. The lowest BCUT2D eigenvalue weighted by molar-refractivity contribution is -0.136. The average Bonchev–Trinajstić information content (AvgIpc) is 3.38. The van der Waals surface area contributed by atoms with Crippen LogP contribution in [0.25, 0.3) is 0 Å². The molecule has 1 fully saturated rings. The van der Waals surface area contributed by atoms with Crippen LogP contribution in [0.3, 0.4) is 0 Å². The fourth-order valence-electron chi connectivity index (χ4n) is 4.86. The Kier molecular flexibility index (Phi) is 15.1. The van der Waals surface area contributed by atoms with Gasteiger partial charge >= 0.3 is 0 Å². The molecule has 4 rings (SSSR count). The molecule has 1 saturated heterocycles. The SMILES string of the molecule is Cc1ccc(S(=O)(=O)OCCOCCOCCOCCOCCOCCSc2cccc3c2CN(C2CCC(=O)NC2=O)C3=O)cc1. The minimum atomic E-state index is -3.79. The number of carbonyl (C=O) groups excluding carboxylic acids is 3. The van der Waals surface area contributed by atoms with Gasteiger partial charge in [0.2, 0.25) is 11.8 Å². The molecule has 13 nitrogen and oxygen atoms in total. The van der Waals surface area contributed by atoms with Gasteiger partial charge in [0.25, 0.3) is 16.0 Å². The number of hydrogen-bond acceptors (Lipinski definition) is 12. The molecule has 15 heteroatoms. The molecule has 0 radical (unpaired) electrons.